The van der Waals surface area contributed by atoms with Gasteiger partial charge in [-0.2, -0.15) is 12.6 Å². The van der Waals surface area contributed by atoms with Gasteiger partial charge in [-0.1, -0.05) is 65.3 Å². The van der Waals surface area contributed by atoms with E-state index < -0.39 is 0 Å². The summed E-state index contributed by atoms with van der Waals surface area (Å²) >= 11 is 4.26. The predicted molar refractivity (Wildman–Crippen MR) is 94.9 cm³/mol. The Morgan fingerprint density at radius 2 is 1.55 bits per heavy atom. The van der Waals surface area contributed by atoms with Crippen LogP contribution in [0.25, 0.3) is 0 Å². The Balaban J connectivity index is 2.69. The average Bonchev–Trinajstić information content (AvgIpc) is 2.34. The number of benzene rings is 1. The molecule has 0 bridgehead atoms. The van der Waals surface area contributed by atoms with Crippen molar-refractivity contribution >= 4 is 12.6 Å². The standard InChI is InChI=1S/C19H32S/c1-15(2)18(19(3,4)5)17-12-10-16(11-13-17)9-7-6-8-14-20/h10-13,15,18,20H,6-9,14H2,1-5H3. The number of hydrogen-bond donors (Lipinski definition) is 1. The molecule has 1 aromatic rings. The van der Waals surface area contributed by atoms with Crippen molar-refractivity contribution < 1.29 is 0 Å². The highest BCUT2D eigenvalue weighted by Crippen LogP contribution is 2.40. The lowest BCUT2D eigenvalue weighted by Crippen LogP contribution is -2.23. The molecule has 0 radical (unpaired) electrons. The summed E-state index contributed by atoms with van der Waals surface area (Å²) in [6.07, 6.45) is 5.02. The molecule has 0 heterocycles. The first-order valence-electron chi connectivity index (χ1n) is 8.06. The number of hydrogen-bond acceptors (Lipinski definition) is 1. The third-order valence-corrected chi connectivity index (χ3v) is 4.38. The van der Waals surface area contributed by atoms with Gasteiger partial charge in [0.2, 0.25) is 0 Å². The second-order valence-electron chi connectivity index (χ2n) is 7.36. The Hall–Kier alpha value is -0.430. The van der Waals surface area contributed by atoms with Crippen LogP contribution >= 0.6 is 12.6 Å². The molecular weight excluding hydrogens is 260 g/mol. The summed E-state index contributed by atoms with van der Waals surface area (Å²) in [5.74, 6) is 2.32. The summed E-state index contributed by atoms with van der Waals surface area (Å²) in [7, 11) is 0. The van der Waals surface area contributed by atoms with Crippen LogP contribution in [-0.4, -0.2) is 5.75 Å². The van der Waals surface area contributed by atoms with Gasteiger partial charge in [-0.3, -0.25) is 0 Å². The smallest absolute Gasteiger partial charge is 0.00902 e. The number of unbranched alkanes of at least 4 members (excludes halogenated alkanes) is 2. The highest BCUT2D eigenvalue weighted by atomic mass is 32.1. The van der Waals surface area contributed by atoms with Crippen molar-refractivity contribution in [3.05, 3.63) is 35.4 Å². The second-order valence-corrected chi connectivity index (χ2v) is 7.81. The van der Waals surface area contributed by atoms with Crippen LogP contribution in [0.1, 0.15) is 70.9 Å². The van der Waals surface area contributed by atoms with Crippen molar-refractivity contribution in [2.75, 3.05) is 5.75 Å². The first-order chi connectivity index (χ1) is 9.36. The largest absolute Gasteiger partial charge is 0.179 e. The summed E-state index contributed by atoms with van der Waals surface area (Å²) in [6.45, 7) is 11.7. The van der Waals surface area contributed by atoms with Crippen molar-refractivity contribution in [2.45, 2.75) is 66.2 Å². The fourth-order valence-electron chi connectivity index (χ4n) is 3.39. The maximum Gasteiger partial charge on any atom is -0.00902 e. The quantitative estimate of drug-likeness (QED) is 0.454. The number of aryl methyl sites for hydroxylation is 1. The predicted octanol–water partition coefficient (Wildman–Crippen LogP) is 6.11. The third kappa shape index (κ3) is 5.52. The third-order valence-electron chi connectivity index (χ3n) is 4.06. The molecule has 114 valence electrons. The average molecular weight is 293 g/mol. The van der Waals surface area contributed by atoms with E-state index in [0.29, 0.717) is 17.3 Å². The molecule has 1 heteroatoms. The SMILES string of the molecule is CC(C)C(c1ccc(CCCCCS)cc1)C(C)(C)C. The summed E-state index contributed by atoms with van der Waals surface area (Å²) in [5.41, 5.74) is 3.29. The molecule has 20 heavy (non-hydrogen) atoms. The van der Waals surface area contributed by atoms with Crippen molar-refractivity contribution in [3.8, 4) is 0 Å². The molecule has 0 saturated heterocycles. The van der Waals surface area contributed by atoms with E-state index in [0.717, 1.165) is 5.75 Å². The van der Waals surface area contributed by atoms with E-state index in [1.54, 1.807) is 0 Å². The van der Waals surface area contributed by atoms with Crippen LogP contribution in [0.2, 0.25) is 0 Å². The Morgan fingerprint density at radius 3 is 2.00 bits per heavy atom. The monoisotopic (exact) mass is 292 g/mol. The van der Waals surface area contributed by atoms with E-state index in [-0.39, 0.29) is 0 Å². The number of rotatable bonds is 7. The van der Waals surface area contributed by atoms with Gasteiger partial charge < -0.3 is 0 Å². The highest BCUT2D eigenvalue weighted by Gasteiger charge is 2.28. The molecule has 0 fully saturated rings. The summed E-state index contributed by atoms with van der Waals surface area (Å²) < 4.78 is 0. The van der Waals surface area contributed by atoms with Gasteiger partial charge in [0, 0.05) is 0 Å². The minimum atomic E-state index is 0.322. The van der Waals surface area contributed by atoms with Gasteiger partial charge in [-0.05, 0) is 53.4 Å². The minimum Gasteiger partial charge on any atom is -0.179 e. The molecule has 0 aliphatic heterocycles. The van der Waals surface area contributed by atoms with Crippen LogP contribution in [0.4, 0.5) is 0 Å². The fourth-order valence-corrected chi connectivity index (χ4v) is 3.62. The zero-order chi connectivity index (χ0) is 15.2. The Kier molecular flexibility index (Phi) is 7.15. The molecular formula is C19H32S. The summed E-state index contributed by atoms with van der Waals surface area (Å²) in [6, 6.07) is 9.36. The maximum absolute atomic E-state index is 4.26. The fraction of sp³-hybridized carbons (Fsp3) is 0.684. The van der Waals surface area contributed by atoms with Gasteiger partial charge in [-0.25, -0.2) is 0 Å². The van der Waals surface area contributed by atoms with Crippen molar-refractivity contribution in [3.63, 3.8) is 0 Å². The molecule has 0 aliphatic carbocycles. The molecule has 1 rings (SSSR count). The first kappa shape index (κ1) is 17.6. The Morgan fingerprint density at radius 1 is 0.950 bits per heavy atom. The van der Waals surface area contributed by atoms with E-state index in [1.165, 1.54) is 36.8 Å². The lowest BCUT2D eigenvalue weighted by atomic mass is 9.70. The van der Waals surface area contributed by atoms with Crippen molar-refractivity contribution in [1.29, 1.82) is 0 Å². The van der Waals surface area contributed by atoms with Crippen LogP contribution in [0.15, 0.2) is 24.3 Å². The molecule has 1 aromatic carbocycles. The lowest BCUT2D eigenvalue weighted by molar-refractivity contribution is 0.258. The molecule has 0 amide bonds. The van der Waals surface area contributed by atoms with Crippen LogP contribution in [0, 0.1) is 11.3 Å². The normalized spacial score (nSPS) is 13.8. The molecule has 0 aromatic heterocycles. The first-order valence-corrected chi connectivity index (χ1v) is 8.69. The Bertz CT molecular complexity index is 370. The summed E-state index contributed by atoms with van der Waals surface area (Å²) in [5, 5.41) is 0. The van der Waals surface area contributed by atoms with Crippen molar-refractivity contribution in [2.24, 2.45) is 11.3 Å². The zero-order valence-corrected chi connectivity index (χ0v) is 14.8. The maximum atomic E-state index is 4.26. The minimum absolute atomic E-state index is 0.322. The van der Waals surface area contributed by atoms with Crippen LogP contribution < -0.4 is 0 Å². The molecule has 0 spiro atoms. The molecule has 0 saturated carbocycles. The zero-order valence-electron chi connectivity index (χ0n) is 13.9. The molecule has 1 unspecified atom stereocenters. The van der Waals surface area contributed by atoms with Crippen LogP contribution in [0.3, 0.4) is 0 Å². The molecule has 0 N–H and O–H groups in total. The van der Waals surface area contributed by atoms with Gasteiger partial charge in [0.25, 0.3) is 0 Å². The highest BCUT2D eigenvalue weighted by molar-refractivity contribution is 7.80. The van der Waals surface area contributed by atoms with Crippen molar-refractivity contribution in [1.82, 2.24) is 0 Å². The van der Waals surface area contributed by atoms with E-state index in [1.807, 2.05) is 0 Å². The second kappa shape index (κ2) is 8.12. The molecule has 1 atom stereocenters. The topological polar surface area (TPSA) is 0 Å². The summed E-state index contributed by atoms with van der Waals surface area (Å²) in [4.78, 5) is 0. The van der Waals surface area contributed by atoms with Gasteiger partial charge >= 0.3 is 0 Å². The Labute approximate surface area is 131 Å². The van der Waals surface area contributed by atoms with E-state index in [4.69, 9.17) is 0 Å². The van der Waals surface area contributed by atoms with Crippen LogP contribution in [-0.2, 0) is 6.42 Å². The van der Waals surface area contributed by atoms with E-state index in [9.17, 15) is 0 Å². The molecule has 0 nitrogen and oxygen atoms in total. The lowest BCUT2D eigenvalue weighted by Gasteiger charge is -2.34. The van der Waals surface area contributed by atoms with Gasteiger partial charge in [-0.15, -0.1) is 0 Å². The number of thiol groups is 1. The van der Waals surface area contributed by atoms with Gasteiger partial charge in [0.05, 0.1) is 0 Å². The van der Waals surface area contributed by atoms with Gasteiger partial charge in [0.15, 0.2) is 0 Å². The van der Waals surface area contributed by atoms with Gasteiger partial charge in [0.1, 0.15) is 0 Å². The molecule has 0 aliphatic rings. The van der Waals surface area contributed by atoms with E-state index >= 15 is 0 Å². The van der Waals surface area contributed by atoms with Crippen LogP contribution in [0.5, 0.6) is 0 Å². The van der Waals surface area contributed by atoms with E-state index in [2.05, 4.69) is 71.5 Å².